The van der Waals surface area contributed by atoms with Crippen molar-refractivity contribution in [3.8, 4) is 0 Å². The number of aromatic nitrogens is 1. The Morgan fingerprint density at radius 3 is 1.77 bits per heavy atom. The van der Waals surface area contributed by atoms with Crippen LogP contribution in [0, 0.1) is 0 Å². The molecule has 0 bridgehead atoms. The lowest BCUT2D eigenvalue weighted by Gasteiger charge is -2.15. The van der Waals surface area contributed by atoms with Crippen molar-refractivity contribution in [2.24, 2.45) is 0 Å². The molecule has 0 radical (unpaired) electrons. The summed E-state index contributed by atoms with van der Waals surface area (Å²) >= 11 is 0. The van der Waals surface area contributed by atoms with Gasteiger partial charge in [0.1, 0.15) is 0 Å². The molecule has 1 rings (SSSR count). The Bertz CT molecular complexity index is 420. The summed E-state index contributed by atoms with van der Waals surface area (Å²) in [6.45, 7) is 16.6. The van der Waals surface area contributed by atoms with Crippen LogP contribution in [0.3, 0.4) is 0 Å². The van der Waals surface area contributed by atoms with Crippen molar-refractivity contribution in [1.29, 1.82) is 0 Å². The maximum Gasteiger partial charge on any atom is 0.237 e. The fraction of sp³-hybridized carbons (Fsp3) is 0.750. The minimum absolute atomic E-state index is 0.465. The number of hydrogen-bond acceptors (Lipinski definition) is 1. The van der Waals surface area contributed by atoms with Crippen molar-refractivity contribution < 1.29 is 9.57 Å². The Morgan fingerprint density at radius 1 is 0.818 bits per heavy atom. The molecule has 0 unspecified atom stereocenters. The van der Waals surface area contributed by atoms with Crippen LogP contribution in [0.15, 0.2) is 12.1 Å². The van der Waals surface area contributed by atoms with Gasteiger partial charge in [0.2, 0.25) is 11.4 Å². The standard InChI is InChI=1S/C20H36NO/c1-8-9-10-11-12-22-21-19(16(4)5)13-18(15(2)3)14-20(21)17(6)7/h13-17H,8-12H2,1-7H3/q+1. The van der Waals surface area contributed by atoms with E-state index in [0.29, 0.717) is 17.8 Å². The predicted molar refractivity (Wildman–Crippen MR) is 94.5 cm³/mol. The van der Waals surface area contributed by atoms with Crippen LogP contribution >= 0.6 is 0 Å². The molecule has 0 amide bonds. The Hall–Kier alpha value is -1.05. The second-order valence-electron chi connectivity index (χ2n) is 7.29. The zero-order chi connectivity index (χ0) is 16.7. The molecule has 2 heteroatoms. The highest BCUT2D eigenvalue weighted by Gasteiger charge is 2.26. The van der Waals surface area contributed by atoms with Gasteiger partial charge < -0.3 is 0 Å². The largest absolute Gasteiger partial charge is 0.271 e. The quantitative estimate of drug-likeness (QED) is 0.442. The van der Waals surface area contributed by atoms with Gasteiger partial charge in [-0.15, -0.1) is 0 Å². The first-order chi connectivity index (χ1) is 10.4. The molecular formula is C20H36NO+. The van der Waals surface area contributed by atoms with E-state index in [1.54, 1.807) is 0 Å². The summed E-state index contributed by atoms with van der Waals surface area (Å²) in [5.74, 6) is 1.48. The van der Waals surface area contributed by atoms with Crippen molar-refractivity contribution in [3.05, 3.63) is 29.1 Å². The second-order valence-corrected chi connectivity index (χ2v) is 7.29. The second kappa shape index (κ2) is 9.17. The lowest BCUT2D eigenvalue weighted by atomic mass is 9.96. The van der Waals surface area contributed by atoms with Gasteiger partial charge in [0, 0.05) is 28.7 Å². The summed E-state index contributed by atoms with van der Waals surface area (Å²) < 4.78 is 2.12. The third kappa shape index (κ3) is 5.30. The molecule has 1 heterocycles. The molecule has 126 valence electrons. The Labute approximate surface area is 137 Å². The van der Waals surface area contributed by atoms with Gasteiger partial charge in [-0.3, -0.25) is 4.84 Å². The number of pyridine rings is 1. The van der Waals surface area contributed by atoms with Gasteiger partial charge >= 0.3 is 0 Å². The Kier molecular flexibility index (Phi) is 7.92. The smallest absolute Gasteiger partial charge is 0.237 e. The molecule has 2 nitrogen and oxygen atoms in total. The average molecular weight is 307 g/mol. The number of rotatable bonds is 9. The van der Waals surface area contributed by atoms with Crippen LogP contribution in [0.2, 0.25) is 0 Å². The molecule has 0 aliphatic heterocycles. The van der Waals surface area contributed by atoms with Gasteiger partial charge in [-0.1, -0.05) is 61.3 Å². The number of nitrogens with zero attached hydrogens (tertiary/aromatic N) is 1. The van der Waals surface area contributed by atoms with E-state index in [0.717, 1.165) is 13.0 Å². The fourth-order valence-electron chi connectivity index (χ4n) is 2.62. The Balaban J connectivity index is 3.05. The van der Waals surface area contributed by atoms with Crippen LogP contribution in [-0.2, 0) is 0 Å². The molecule has 0 aliphatic rings. The topological polar surface area (TPSA) is 13.1 Å². The first kappa shape index (κ1) is 19.0. The van der Waals surface area contributed by atoms with E-state index in [9.17, 15) is 0 Å². The predicted octanol–water partition coefficient (Wildman–Crippen LogP) is 5.35. The molecule has 0 fully saturated rings. The highest BCUT2D eigenvalue weighted by atomic mass is 16.7. The lowest BCUT2D eigenvalue weighted by molar-refractivity contribution is -0.902. The third-order valence-corrected chi connectivity index (χ3v) is 4.17. The van der Waals surface area contributed by atoms with E-state index in [-0.39, 0.29) is 0 Å². The van der Waals surface area contributed by atoms with Crippen LogP contribution in [0.4, 0.5) is 0 Å². The van der Waals surface area contributed by atoms with Crippen LogP contribution in [0.25, 0.3) is 0 Å². The molecular weight excluding hydrogens is 270 g/mol. The van der Waals surface area contributed by atoms with Crippen LogP contribution in [0.5, 0.6) is 0 Å². The summed E-state index contributed by atoms with van der Waals surface area (Å²) in [5.41, 5.74) is 4.01. The molecule has 0 spiro atoms. The normalized spacial score (nSPS) is 11.7. The van der Waals surface area contributed by atoms with E-state index in [1.807, 2.05) is 0 Å². The Morgan fingerprint density at radius 2 is 1.36 bits per heavy atom. The lowest BCUT2D eigenvalue weighted by Crippen LogP contribution is -2.51. The monoisotopic (exact) mass is 306 g/mol. The summed E-state index contributed by atoms with van der Waals surface area (Å²) in [4.78, 5) is 6.19. The fourth-order valence-corrected chi connectivity index (χ4v) is 2.62. The summed E-state index contributed by atoms with van der Waals surface area (Å²) in [5, 5.41) is 0. The molecule has 0 saturated heterocycles. The van der Waals surface area contributed by atoms with Gasteiger partial charge in [-0.05, 0) is 24.3 Å². The average Bonchev–Trinajstić information content (AvgIpc) is 2.45. The molecule has 1 aromatic heterocycles. The minimum atomic E-state index is 0.465. The minimum Gasteiger partial charge on any atom is -0.271 e. The van der Waals surface area contributed by atoms with Gasteiger partial charge in [0.15, 0.2) is 6.61 Å². The van der Waals surface area contributed by atoms with Crippen LogP contribution in [0.1, 0.15) is 109 Å². The number of unbranched alkanes of at least 4 members (excludes halogenated alkanes) is 3. The van der Waals surface area contributed by atoms with E-state index in [4.69, 9.17) is 4.84 Å². The van der Waals surface area contributed by atoms with E-state index < -0.39 is 0 Å². The zero-order valence-corrected chi connectivity index (χ0v) is 15.8. The molecule has 22 heavy (non-hydrogen) atoms. The molecule has 0 saturated carbocycles. The number of hydrogen-bond donors (Lipinski definition) is 0. The first-order valence-corrected chi connectivity index (χ1v) is 9.11. The molecule has 1 aromatic rings. The summed E-state index contributed by atoms with van der Waals surface area (Å²) in [6.07, 6.45) is 4.97. The van der Waals surface area contributed by atoms with Crippen molar-refractivity contribution in [2.45, 2.75) is 91.9 Å². The van der Waals surface area contributed by atoms with Crippen LogP contribution in [-0.4, -0.2) is 6.61 Å². The summed E-state index contributed by atoms with van der Waals surface area (Å²) in [6, 6.07) is 4.65. The molecule has 0 N–H and O–H groups in total. The SMILES string of the molecule is CCCCCCO[n+]1c(C(C)C)cc(C(C)C)cc1C(C)C. The third-order valence-electron chi connectivity index (χ3n) is 4.17. The van der Waals surface area contributed by atoms with Gasteiger partial charge in [-0.25, -0.2) is 0 Å². The molecule has 0 aliphatic carbocycles. The van der Waals surface area contributed by atoms with Gasteiger partial charge in [-0.2, -0.15) is 0 Å². The molecule has 0 aromatic carbocycles. The maximum atomic E-state index is 6.19. The summed E-state index contributed by atoms with van der Waals surface area (Å²) in [7, 11) is 0. The highest BCUT2D eigenvalue weighted by Crippen LogP contribution is 2.22. The van der Waals surface area contributed by atoms with Crippen molar-refractivity contribution in [3.63, 3.8) is 0 Å². The zero-order valence-electron chi connectivity index (χ0n) is 15.8. The van der Waals surface area contributed by atoms with E-state index in [2.05, 4.69) is 65.3 Å². The van der Waals surface area contributed by atoms with E-state index in [1.165, 1.54) is 36.2 Å². The first-order valence-electron chi connectivity index (χ1n) is 9.11. The van der Waals surface area contributed by atoms with E-state index >= 15 is 0 Å². The van der Waals surface area contributed by atoms with Crippen molar-refractivity contribution >= 4 is 0 Å². The maximum absolute atomic E-state index is 6.19. The van der Waals surface area contributed by atoms with Gasteiger partial charge in [0.05, 0.1) is 0 Å². The highest BCUT2D eigenvalue weighted by molar-refractivity contribution is 5.22. The van der Waals surface area contributed by atoms with Crippen molar-refractivity contribution in [2.75, 3.05) is 6.61 Å². The van der Waals surface area contributed by atoms with Gasteiger partial charge in [0.25, 0.3) is 0 Å². The van der Waals surface area contributed by atoms with Crippen molar-refractivity contribution in [1.82, 2.24) is 0 Å². The molecule has 0 atom stereocenters. The van der Waals surface area contributed by atoms with Crippen LogP contribution < -0.4 is 9.57 Å².